The van der Waals surface area contributed by atoms with Crippen molar-refractivity contribution in [1.29, 1.82) is 0 Å². The van der Waals surface area contributed by atoms with Crippen LogP contribution >= 0.6 is 11.6 Å². The number of imidazole rings is 1. The Morgan fingerprint density at radius 3 is 2.75 bits per heavy atom. The molecule has 5 rings (SSSR count). The number of fused-ring (bicyclic) bond motifs is 1. The third kappa shape index (κ3) is 4.86. The molecular weight excluding hydrogens is 478 g/mol. The summed E-state index contributed by atoms with van der Waals surface area (Å²) < 4.78 is 7.71. The summed E-state index contributed by atoms with van der Waals surface area (Å²) in [6, 6.07) is 7.72. The van der Waals surface area contributed by atoms with Crippen molar-refractivity contribution in [3.63, 3.8) is 0 Å². The van der Waals surface area contributed by atoms with Crippen molar-refractivity contribution in [1.82, 2.24) is 24.4 Å². The summed E-state index contributed by atoms with van der Waals surface area (Å²) in [4.78, 5) is 29.9. The first kappa shape index (κ1) is 24.8. The SMILES string of the molecule is C[C@H]1C[C@@H](Nc2ncc3nc(Nc4cccc(Cl)c4)n(C4(C(=O)N(C)C)CCCCC4)c3n2)CCO1. The van der Waals surface area contributed by atoms with Crippen molar-refractivity contribution < 1.29 is 9.53 Å². The summed E-state index contributed by atoms with van der Waals surface area (Å²) in [5.74, 6) is 1.16. The number of carbonyl (C=O) groups excluding carboxylic acids is 1. The number of carbonyl (C=O) groups is 1. The maximum atomic E-state index is 13.8. The molecule has 2 N–H and O–H groups in total. The highest BCUT2D eigenvalue weighted by atomic mass is 35.5. The number of benzene rings is 1. The molecule has 2 fully saturated rings. The lowest BCUT2D eigenvalue weighted by Crippen LogP contribution is -2.49. The van der Waals surface area contributed by atoms with Gasteiger partial charge in [0.1, 0.15) is 11.1 Å². The molecule has 1 amide bonds. The summed E-state index contributed by atoms with van der Waals surface area (Å²) in [7, 11) is 3.63. The van der Waals surface area contributed by atoms with Crippen LogP contribution in [0.2, 0.25) is 5.02 Å². The van der Waals surface area contributed by atoms with Crippen molar-refractivity contribution >= 4 is 46.3 Å². The van der Waals surface area contributed by atoms with Crippen LogP contribution in [0.15, 0.2) is 30.5 Å². The van der Waals surface area contributed by atoms with Crippen molar-refractivity contribution in [2.45, 2.75) is 69.6 Å². The lowest BCUT2D eigenvalue weighted by molar-refractivity contribution is -0.139. The predicted octanol–water partition coefficient (Wildman–Crippen LogP) is 4.95. The van der Waals surface area contributed by atoms with Crippen LogP contribution in [0.3, 0.4) is 0 Å². The predicted molar refractivity (Wildman–Crippen MR) is 142 cm³/mol. The van der Waals surface area contributed by atoms with Crippen molar-refractivity contribution in [2.24, 2.45) is 0 Å². The van der Waals surface area contributed by atoms with E-state index in [1.807, 2.05) is 42.9 Å². The van der Waals surface area contributed by atoms with Crippen LogP contribution in [0.5, 0.6) is 0 Å². The zero-order valence-corrected chi connectivity index (χ0v) is 21.9. The molecule has 1 saturated carbocycles. The molecule has 1 aromatic carbocycles. The van der Waals surface area contributed by atoms with Gasteiger partial charge in [-0.3, -0.25) is 9.36 Å². The molecule has 10 heteroatoms. The molecule has 36 heavy (non-hydrogen) atoms. The van der Waals surface area contributed by atoms with E-state index < -0.39 is 5.54 Å². The molecule has 0 bridgehead atoms. The Balaban J connectivity index is 1.63. The van der Waals surface area contributed by atoms with Crippen LogP contribution in [0.4, 0.5) is 17.6 Å². The number of anilines is 3. The number of halogens is 1. The quantitative estimate of drug-likeness (QED) is 0.483. The number of hydrogen-bond acceptors (Lipinski definition) is 7. The molecule has 1 saturated heterocycles. The number of nitrogens with zero attached hydrogens (tertiary/aromatic N) is 5. The summed E-state index contributed by atoms with van der Waals surface area (Å²) in [6.45, 7) is 2.80. The van der Waals surface area contributed by atoms with Crippen molar-refractivity contribution in [2.75, 3.05) is 31.3 Å². The molecule has 2 aromatic heterocycles. The summed E-state index contributed by atoms with van der Waals surface area (Å²) in [6.07, 6.45) is 8.22. The van der Waals surface area contributed by atoms with Gasteiger partial charge in [0.15, 0.2) is 5.65 Å². The Morgan fingerprint density at radius 2 is 2.03 bits per heavy atom. The van der Waals surface area contributed by atoms with Crippen molar-refractivity contribution in [3.05, 3.63) is 35.5 Å². The van der Waals surface area contributed by atoms with Gasteiger partial charge in [-0.15, -0.1) is 0 Å². The van der Waals surface area contributed by atoms with Gasteiger partial charge in [-0.2, -0.15) is 4.98 Å². The molecule has 2 atom stereocenters. The lowest BCUT2D eigenvalue weighted by atomic mass is 9.80. The Labute approximate surface area is 216 Å². The van der Waals surface area contributed by atoms with Gasteiger partial charge in [-0.25, -0.2) is 9.97 Å². The summed E-state index contributed by atoms with van der Waals surface area (Å²) in [5.41, 5.74) is 1.30. The van der Waals surface area contributed by atoms with Gasteiger partial charge in [-0.05, 0) is 50.8 Å². The molecule has 3 heterocycles. The second-order valence-electron chi connectivity index (χ2n) is 10.1. The van der Waals surface area contributed by atoms with Crippen molar-refractivity contribution in [3.8, 4) is 0 Å². The standard InChI is InChI=1S/C26H34ClN7O2/c1-17-14-20(10-13-36-17)29-24-28-16-21-22(32-24)34(25(31-21)30-19-9-7-8-18(27)15-19)26(23(35)33(2)3)11-5-4-6-12-26/h7-9,15-17,20H,4-6,10-14H2,1-3H3,(H,30,31)(H,28,29,32)/t17-,20-/m0/s1. The summed E-state index contributed by atoms with van der Waals surface area (Å²) in [5, 5.41) is 7.53. The smallest absolute Gasteiger partial charge is 0.248 e. The van der Waals surface area contributed by atoms with E-state index in [0.29, 0.717) is 34.7 Å². The third-order valence-corrected chi connectivity index (χ3v) is 7.45. The molecule has 1 aliphatic carbocycles. The van der Waals surface area contributed by atoms with Gasteiger partial charge < -0.3 is 20.3 Å². The zero-order chi connectivity index (χ0) is 25.3. The van der Waals surface area contributed by atoms with E-state index >= 15 is 0 Å². The van der Waals surface area contributed by atoms with E-state index in [0.717, 1.165) is 50.6 Å². The highest BCUT2D eigenvalue weighted by molar-refractivity contribution is 6.30. The molecule has 2 aliphatic rings. The fourth-order valence-electron chi connectivity index (χ4n) is 5.53. The minimum Gasteiger partial charge on any atom is -0.378 e. The highest BCUT2D eigenvalue weighted by Gasteiger charge is 2.45. The van der Waals surface area contributed by atoms with E-state index in [9.17, 15) is 4.79 Å². The fourth-order valence-corrected chi connectivity index (χ4v) is 5.72. The average Bonchev–Trinajstić information content (AvgIpc) is 3.21. The fraction of sp³-hybridized carbons (Fsp3) is 0.538. The molecule has 9 nitrogen and oxygen atoms in total. The lowest BCUT2D eigenvalue weighted by Gasteiger charge is -2.39. The van der Waals surface area contributed by atoms with E-state index in [1.165, 1.54) is 0 Å². The Bertz CT molecular complexity index is 1240. The first-order valence-corrected chi connectivity index (χ1v) is 13.1. The van der Waals surface area contributed by atoms with Gasteiger partial charge >= 0.3 is 0 Å². The second-order valence-corrected chi connectivity index (χ2v) is 10.6. The molecule has 3 aromatic rings. The van der Waals surface area contributed by atoms with Gasteiger partial charge in [-0.1, -0.05) is 36.9 Å². The van der Waals surface area contributed by atoms with Crippen LogP contribution in [0.1, 0.15) is 51.9 Å². The molecule has 0 spiro atoms. The molecule has 0 unspecified atom stereocenters. The number of rotatable bonds is 6. The van der Waals surface area contributed by atoms with Gasteiger partial charge in [0, 0.05) is 37.5 Å². The number of aromatic nitrogens is 4. The minimum absolute atomic E-state index is 0.0574. The first-order chi connectivity index (χ1) is 17.4. The Hall–Kier alpha value is -2.91. The highest BCUT2D eigenvalue weighted by Crippen LogP contribution is 2.41. The van der Waals surface area contributed by atoms with Crippen LogP contribution in [0.25, 0.3) is 11.2 Å². The van der Waals surface area contributed by atoms with E-state index in [4.69, 9.17) is 26.3 Å². The van der Waals surface area contributed by atoms with Gasteiger partial charge in [0.05, 0.1) is 12.3 Å². The van der Waals surface area contributed by atoms with E-state index in [-0.39, 0.29) is 18.1 Å². The Morgan fingerprint density at radius 1 is 1.22 bits per heavy atom. The monoisotopic (exact) mass is 511 g/mol. The topological polar surface area (TPSA) is 97.2 Å². The van der Waals surface area contributed by atoms with Crippen LogP contribution < -0.4 is 10.6 Å². The zero-order valence-electron chi connectivity index (χ0n) is 21.1. The number of ether oxygens (including phenoxy) is 1. The largest absolute Gasteiger partial charge is 0.378 e. The maximum absolute atomic E-state index is 13.8. The second kappa shape index (κ2) is 10.2. The summed E-state index contributed by atoms with van der Waals surface area (Å²) >= 11 is 6.25. The molecular formula is C26H34ClN7O2. The van der Waals surface area contributed by atoms with Gasteiger partial charge in [0.2, 0.25) is 17.8 Å². The number of amides is 1. The number of hydrogen-bond donors (Lipinski definition) is 2. The molecule has 0 radical (unpaired) electrons. The van der Waals surface area contributed by atoms with E-state index in [2.05, 4.69) is 22.5 Å². The normalized spacial score (nSPS) is 21.8. The van der Waals surface area contributed by atoms with Crippen LogP contribution in [-0.4, -0.2) is 63.2 Å². The number of likely N-dealkylation sites (N-methyl/N-ethyl adjacent to an activating group) is 1. The first-order valence-electron chi connectivity index (χ1n) is 12.7. The maximum Gasteiger partial charge on any atom is 0.248 e. The molecule has 1 aliphatic heterocycles. The molecule has 192 valence electrons. The number of nitrogens with one attached hydrogen (secondary N) is 2. The van der Waals surface area contributed by atoms with E-state index in [1.54, 1.807) is 11.1 Å². The Kier molecular flexibility index (Phi) is 7.03. The van der Waals surface area contributed by atoms with Gasteiger partial charge in [0.25, 0.3) is 0 Å². The third-order valence-electron chi connectivity index (χ3n) is 7.21. The average molecular weight is 512 g/mol. The van der Waals surface area contributed by atoms with Crippen LogP contribution in [-0.2, 0) is 15.1 Å². The van der Waals surface area contributed by atoms with Crippen LogP contribution in [0, 0.1) is 0 Å². The minimum atomic E-state index is -0.782.